The Labute approximate surface area is 183 Å². The Bertz CT molecular complexity index is 1470. The number of aromatic amines is 1. The maximum atomic E-state index is 11.6. The average Bonchev–Trinajstić information content (AvgIpc) is 3.37. The van der Waals surface area contributed by atoms with Gasteiger partial charge in [-0.15, -0.1) is 0 Å². The normalized spacial score (nSPS) is 11.2. The molecule has 160 valence electrons. The standard InChI is InChI=1S/C24H21N5O3/c1-28(14-4-7-16(32-3)8-5-14)15-6-9-17-19(12-15)27-29(2)23(17)21-13-20-22(26-21)18(24(30)31)10-11-25-20/h4-13,26H,1-3H3,(H,30,31). The van der Waals surface area contributed by atoms with Crippen molar-refractivity contribution < 1.29 is 14.6 Å². The van der Waals surface area contributed by atoms with Crippen LogP contribution in [0.25, 0.3) is 33.3 Å². The highest BCUT2D eigenvalue weighted by atomic mass is 16.5. The largest absolute Gasteiger partial charge is 0.497 e. The highest BCUT2D eigenvalue weighted by Crippen LogP contribution is 2.34. The lowest BCUT2D eigenvalue weighted by Gasteiger charge is -2.19. The van der Waals surface area contributed by atoms with Crippen LogP contribution in [0.5, 0.6) is 5.75 Å². The number of carboxylic acid groups (broad SMARTS) is 1. The molecule has 8 heteroatoms. The van der Waals surface area contributed by atoms with Crippen molar-refractivity contribution in [3.05, 3.63) is 66.4 Å². The fourth-order valence-corrected chi connectivity index (χ4v) is 4.00. The van der Waals surface area contributed by atoms with Crippen LogP contribution in [0.3, 0.4) is 0 Å². The fraction of sp³-hybridized carbons (Fsp3) is 0.125. The number of hydrogen-bond acceptors (Lipinski definition) is 5. The predicted molar refractivity (Wildman–Crippen MR) is 124 cm³/mol. The van der Waals surface area contributed by atoms with Crippen LogP contribution in [0.1, 0.15) is 10.4 Å². The summed E-state index contributed by atoms with van der Waals surface area (Å²) in [7, 11) is 5.53. The van der Waals surface area contributed by atoms with Crippen LogP contribution < -0.4 is 9.64 Å². The van der Waals surface area contributed by atoms with Crippen LogP contribution in [-0.2, 0) is 7.05 Å². The topological polar surface area (TPSA) is 96.3 Å². The molecule has 0 fully saturated rings. The number of aryl methyl sites for hydroxylation is 1. The van der Waals surface area contributed by atoms with Crippen molar-refractivity contribution in [2.45, 2.75) is 0 Å². The number of nitrogens with zero attached hydrogens (tertiary/aromatic N) is 4. The number of carbonyl (C=O) groups is 1. The van der Waals surface area contributed by atoms with Gasteiger partial charge in [-0.3, -0.25) is 9.67 Å². The molecule has 32 heavy (non-hydrogen) atoms. The van der Waals surface area contributed by atoms with Crippen molar-refractivity contribution >= 4 is 39.3 Å². The van der Waals surface area contributed by atoms with E-state index in [1.54, 1.807) is 11.8 Å². The van der Waals surface area contributed by atoms with Gasteiger partial charge in [-0.2, -0.15) is 5.10 Å². The molecule has 3 aromatic heterocycles. The van der Waals surface area contributed by atoms with Gasteiger partial charge in [0.1, 0.15) is 5.75 Å². The van der Waals surface area contributed by atoms with Gasteiger partial charge < -0.3 is 19.7 Å². The Morgan fingerprint density at radius 1 is 1.06 bits per heavy atom. The third kappa shape index (κ3) is 3.13. The Morgan fingerprint density at radius 3 is 2.53 bits per heavy atom. The summed E-state index contributed by atoms with van der Waals surface area (Å²) >= 11 is 0. The second-order valence-corrected chi connectivity index (χ2v) is 7.54. The summed E-state index contributed by atoms with van der Waals surface area (Å²) in [4.78, 5) is 21.2. The van der Waals surface area contributed by atoms with Crippen molar-refractivity contribution in [1.29, 1.82) is 0 Å². The zero-order valence-corrected chi connectivity index (χ0v) is 17.8. The van der Waals surface area contributed by atoms with Crippen LogP contribution in [0.15, 0.2) is 60.8 Å². The molecule has 2 N–H and O–H groups in total. The number of aromatic carboxylic acids is 1. The van der Waals surface area contributed by atoms with E-state index in [4.69, 9.17) is 9.84 Å². The Hall–Kier alpha value is -4.33. The number of carboxylic acids is 1. The minimum absolute atomic E-state index is 0.191. The SMILES string of the molecule is COc1ccc(N(C)c2ccc3c(-c4cc5nccc(C(=O)O)c5[nH]4)n(C)nc3c2)cc1. The average molecular weight is 427 g/mol. The number of ether oxygens (including phenoxy) is 1. The summed E-state index contributed by atoms with van der Waals surface area (Å²) in [6.45, 7) is 0. The van der Waals surface area contributed by atoms with Gasteiger partial charge in [0.15, 0.2) is 0 Å². The molecule has 0 radical (unpaired) electrons. The number of anilines is 2. The molecule has 5 aromatic rings. The van der Waals surface area contributed by atoms with Gasteiger partial charge in [0.25, 0.3) is 0 Å². The quantitative estimate of drug-likeness (QED) is 0.426. The van der Waals surface area contributed by atoms with E-state index in [1.807, 2.05) is 62.6 Å². The zero-order chi connectivity index (χ0) is 22.4. The molecular formula is C24H21N5O3. The molecule has 0 unspecified atom stereocenters. The number of benzene rings is 2. The second-order valence-electron chi connectivity index (χ2n) is 7.54. The van der Waals surface area contributed by atoms with Gasteiger partial charge >= 0.3 is 5.97 Å². The highest BCUT2D eigenvalue weighted by Gasteiger charge is 2.18. The van der Waals surface area contributed by atoms with Crippen LogP contribution in [0.2, 0.25) is 0 Å². The number of methoxy groups -OCH3 is 1. The molecule has 0 atom stereocenters. The van der Waals surface area contributed by atoms with Crippen molar-refractivity contribution in [1.82, 2.24) is 19.7 Å². The number of rotatable bonds is 5. The molecule has 0 saturated heterocycles. The zero-order valence-electron chi connectivity index (χ0n) is 17.8. The monoisotopic (exact) mass is 427 g/mol. The van der Waals surface area contributed by atoms with Crippen molar-refractivity contribution in [3.63, 3.8) is 0 Å². The number of nitrogens with one attached hydrogen (secondary N) is 1. The minimum atomic E-state index is -0.994. The predicted octanol–water partition coefficient (Wildman–Crippen LogP) is 4.59. The molecule has 0 bridgehead atoms. The van der Waals surface area contributed by atoms with E-state index < -0.39 is 5.97 Å². The maximum absolute atomic E-state index is 11.6. The molecule has 0 aliphatic rings. The first-order chi connectivity index (χ1) is 15.5. The summed E-state index contributed by atoms with van der Waals surface area (Å²) in [5.74, 6) is -0.183. The molecule has 5 rings (SSSR count). The molecule has 0 aliphatic carbocycles. The first-order valence-electron chi connectivity index (χ1n) is 10.0. The molecule has 8 nitrogen and oxygen atoms in total. The number of H-pyrrole nitrogens is 1. The van der Waals surface area contributed by atoms with E-state index in [-0.39, 0.29) is 5.56 Å². The summed E-state index contributed by atoms with van der Waals surface area (Å²) < 4.78 is 7.04. The molecule has 0 saturated carbocycles. The van der Waals surface area contributed by atoms with Crippen molar-refractivity contribution in [3.8, 4) is 17.1 Å². The lowest BCUT2D eigenvalue weighted by molar-refractivity contribution is 0.0698. The van der Waals surface area contributed by atoms with Crippen LogP contribution in [0.4, 0.5) is 11.4 Å². The van der Waals surface area contributed by atoms with Gasteiger partial charge in [0, 0.05) is 37.1 Å². The first-order valence-corrected chi connectivity index (χ1v) is 10.0. The molecule has 0 spiro atoms. The smallest absolute Gasteiger partial charge is 0.337 e. The van der Waals surface area contributed by atoms with E-state index in [2.05, 4.69) is 14.9 Å². The maximum Gasteiger partial charge on any atom is 0.337 e. The van der Waals surface area contributed by atoms with Gasteiger partial charge in [0.2, 0.25) is 0 Å². The van der Waals surface area contributed by atoms with Gasteiger partial charge in [-0.1, -0.05) is 0 Å². The Kier molecular flexibility index (Phi) is 4.55. The van der Waals surface area contributed by atoms with E-state index >= 15 is 0 Å². The van der Waals surface area contributed by atoms with E-state index in [0.29, 0.717) is 11.0 Å². The van der Waals surface area contributed by atoms with Gasteiger partial charge in [0.05, 0.1) is 40.6 Å². The highest BCUT2D eigenvalue weighted by molar-refractivity contribution is 6.03. The third-order valence-electron chi connectivity index (χ3n) is 5.67. The summed E-state index contributed by atoms with van der Waals surface area (Å²) in [6.07, 6.45) is 1.51. The van der Waals surface area contributed by atoms with E-state index in [1.165, 1.54) is 12.3 Å². The molecule has 3 heterocycles. The van der Waals surface area contributed by atoms with E-state index in [0.717, 1.165) is 39.4 Å². The Morgan fingerprint density at radius 2 is 1.81 bits per heavy atom. The van der Waals surface area contributed by atoms with Crippen LogP contribution in [0, 0.1) is 0 Å². The number of pyridine rings is 1. The van der Waals surface area contributed by atoms with Crippen molar-refractivity contribution in [2.24, 2.45) is 7.05 Å². The van der Waals surface area contributed by atoms with Gasteiger partial charge in [-0.25, -0.2) is 4.79 Å². The molecule has 0 amide bonds. The van der Waals surface area contributed by atoms with Crippen LogP contribution >= 0.6 is 0 Å². The molecule has 0 aliphatic heterocycles. The first kappa shape index (κ1) is 19.6. The van der Waals surface area contributed by atoms with Gasteiger partial charge in [-0.05, 0) is 54.6 Å². The summed E-state index contributed by atoms with van der Waals surface area (Å²) in [5.41, 5.74) is 5.80. The number of hydrogen-bond donors (Lipinski definition) is 2. The van der Waals surface area contributed by atoms with E-state index in [9.17, 15) is 9.90 Å². The molecular weight excluding hydrogens is 406 g/mol. The fourth-order valence-electron chi connectivity index (χ4n) is 4.00. The Balaban J connectivity index is 1.57. The summed E-state index contributed by atoms with van der Waals surface area (Å²) in [5, 5.41) is 15.1. The lowest BCUT2D eigenvalue weighted by Crippen LogP contribution is -2.09. The summed E-state index contributed by atoms with van der Waals surface area (Å²) in [6, 6.07) is 17.3. The minimum Gasteiger partial charge on any atom is -0.497 e. The van der Waals surface area contributed by atoms with Crippen molar-refractivity contribution in [2.75, 3.05) is 19.1 Å². The third-order valence-corrected chi connectivity index (χ3v) is 5.67. The number of fused-ring (bicyclic) bond motifs is 2. The van der Waals surface area contributed by atoms with Crippen LogP contribution in [-0.4, -0.2) is 45.0 Å². The second kappa shape index (κ2) is 7.42. The lowest BCUT2D eigenvalue weighted by atomic mass is 10.1. The number of aromatic nitrogens is 4. The molecule has 2 aromatic carbocycles.